The first-order valence-electron chi connectivity index (χ1n) is 7.29. The maximum absolute atomic E-state index is 4.77. The molecule has 4 aromatic rings. The van der Waals surface area contributed by atoms with Gasteiger partial charge in [0.15, 0.2) is 0 Å². The van der Waals surface area contributed by atoms with Gasteiger partial charge in [-0.1, -0.05) is 24.3 Å². The summed E-state index contributed by atoms with van der Waals surface area (Å²) in [7, 11) is 0. The summed E-state index contributed by atoms with van der Waals surface area (Å²) in [5, 5.41) is 2.30. The largest absolute Gasteiger partial charge is 0.246 e. The maximum atomic E-state index is 4.77. The maximum Gasteiger partial charge on any atom is 0.121 e. The average molecular weight is 282 g/mol. The standard InChI is InChI=1S/C20H14N2/c1-13-11-19(21-17-9-5-3-7-15(13)17)20-12-14(2)16-8-4-6-10-18(16)22-20/h3-5,7-9,11-12H,1-2H3. The number of aryl methyl sites for hydroxylation is 2. The van der Waals surface area contributed by atoms with E-state index in [0.717, 1.165) is 27.8 Å². The van der Waals surface area contributed by atoms with Crippen molar-refractivity contribution in [3.05, 3.63) is 71.8 Å². The highest BCUT2D eigenvalue weighted by Crippen LogP contribution is 2.26. The van der Waals surface area contributed by atoms with Crippen LogP contribution < -0.4 is 0 Å². The summed E-state index contributed by atoms with van der Waals surface area (Å²) in [4.78, 5) is 9.47. The summed E-state index contributed by atoms with van der Waals surface area (Å²) in [5.41, 5.74) is 6.01. The lowest BCUT2D eigenvalue weighted by Crippen LogP contribution is -1.93. The molecule has 0 atom stereocenters. The van der Waals surface area contributed by atoms with Gasteiger partial charge in [-0.3, -0.25) is 0 Å². The van der Waals surface area contributed by atoms with Gasteiger partial charge in [-0.25, -0.2) is 9.97 Å². The fourth-order valence-corrected chi connectivity index (χ4v) is 2.84. The summed E-state index contributed by atoms with van der Waals surface area (Å²) in [6, 6.07) is 22.3. The number of aromatic nitrogens is 2. The van der Waals surface area contributed by atoms with Crippen LogP contribution >= 0.6 is 0 Å². The highest BCUT2D eigenvalue weighted by molar-refractivity contribution is 5.87. The molecule has 0 spiro atoms. The van der Waals surface area contributed by atoms with Crippen LogP contribution in [0.5, 0.6) is 0 Å². The fraction of sp³-hybridized carbons (Fsp3) is 0.100. The Labute approximate surface area is 129 Å². The highest BCUT2D eigenvalue weighted by atomic mass is 14.8. The Balaban J connectivity index is 1.99. The molecular weight excluding hydrogens is 268 g/mol. The quantitative estimate of drug-likeness (QED) is 0.507. The van der Waals surface area contributed by atoms with Gasteiger partial charge in [-0.2, -0.15) is 0 Å². The Morgan fingerprint density at radius 3 is 2.41 bits per heavy atom. The summed E-state index contributed by atoms with van der Waals surface area (Å²) < 4.78 is 0. The van der Waals surface area contributed by atoms with Gasteiger partial charge in [0.1, 0.15) is 5.52 Å². The number of pyridine rings is 2. The number of para-hydroxylation sites is 1. The number of nitrogens with zero attached hydrogens (tertiary/aromatic N) is 2. The predicted molar refractivity (Wildman–Crippen MR) is 89.6 cm³/mol. The van der Waals surface area contributed by atoms with Crippen LogP contribution in [0.3, 0.4) is 0 Å². The molecule has 0 saturated carbocycles. The molecular formula is C20H14N2. The van der Waals surface area contributed by atoms with Crippen molar-refractivity contribution in [3.63, 3.8) is 0 Å². The Bertz CT molecular complexity index is 920. The Morgan fingerprint density at radius 1 is 0.818 bits per heavy atom. The van der Waals surface area contributed by atoms with Gasteiger partial charge >= 0.3 is 0 Å². The molecule has 2 heterocycles. The second-order valence-electron chi connectivity index (χ2n) is 5.53. The van der Waals surface area contributed by atoms with Gasteiger partial charge in [0, 0.05) is 10.8 Å². The van der Waals surface area contributed by atoms with Crippen molar-refractivity contribution in [2.75, 3.05) is 0 Å². The van der Waals surface area contributed by atoms with Gasteiger partial charge in [0.05, 0.1) is 16.9 Å². The van der Waals surface area contributed by atoms with Crippen molar-refractivity contribution in [2.24, 2.45) is 0 Å². The van der Waals surface area contributed by atoms with Crippen LogP contribution in [-0.4, -0.2) is 9.97 Å². The molecule has 0 aliphatic heterocycles. The molecule has 0 saturated heterocycles. The molecule has 0 N–H and O–H groups in total. The molecule has 2 nitrogen and oxygen atoms in total. The average Bonchev–Trinajstić information content (AvgIpc) is 2.55. The third-order valence-electron chi connectivity index (χ3n) is 3.97. The highest BCUT2D eigenvalue weighted by Gasteiger charge is 2.08. The van der Waals surface area contributed by atoms with E-state index >= 15 is 0 Å². The number of hydrogen-bond donors (Lipinski definition) is 0. The van der Waals surface area contributed by atoms with Crippen LogP contribution in [0.2, 0.25) is 0 Å². The Kier molecular flexibility index (Phi) is 2.80. The van der Waals surface area contributed by atoms with Crippen LogP contribution in [0, 0.1) is 26.0 Å². The van der Waals surface area contributed by atoms with E-state index in [1.54, 1.807) is 0 Å². The first kappa shape index (κ1) is 12.8. The molecule has 104 valence electrons. The van der Waals surface area contributed by atoms with Gasteiger partial charge in [0.25, 0.3) is 0 Å². The third kappa shape index (κ3) is 1.99. The molecule has 0 aliphatic carbocycles. The van der Waals surface area contributed by atoms with Crippen LogP contribution in [0.15, 0.2) is 48.5 Å². The van der Waals surface area contributed by atoms with E-state index < -0.39 is 0 Å². The number of benzene rings is 1. The smallest absolute Gasteiger partial charge is 0.121 e. The molecule has 0 bridgehead atoms. The molecule has 0 aliphatic rings. The zero-order valence-electron chi connectivity index (χ0n) is 12.5. The predicted octanol–water partition coefficient (Wildman–Crippen LogP) is 4.67. The lowest BCUT2D eigenvalue weighted by atomic mass is 10.1. The van der Waals surface area contributed by atoms with Crippen molar-refractivity contribution in [1.82, 2.24) is 9.97 Å². The summed E-state index contributed by atoms with van der Waals surface area (Å²) >= 11 is 0. The summed E-state index contributed by atoms with van der Waals surface area (Å²) in [5.74, 6) is 0. The van der Waals surface area contributed by atoms with Gasteiger partial charge in [0.2, 0.25) is 0 Å². The second-order valence-corrected chi connectivity index (χ2v) is 5.53. The third-order valence-corrected chi connectivity index (χ3v) is 3.97. The van der Waals surface area contributed by atoms with Crippen molar-refractivity contribution >= 4 is 21.8 Å². The zero-order chi connectivity index (χ0) is 15.1. The van der Waals surface area contributed by atoms with Crippen molar-refractivity contribution in [2.45, 2.75) is 13.8 Å². The fourth-order valence-electron chi connectivity index (χ4n) is 2.84. The van der Waals surface area contributed by atoms with E-state index in [-0.39, 0.29) is 0 Å². The molecule has 22 heavy (non-hydrogen) atoms. The van der Waals surface area contributed by atoms with E-state index in [1.165, 1.54) is 16.5 Å². The van der Waals surface area contributed by atoms with Crippen LogP contribution in [0.25, 0.3) is 33.2 Å². The van der Waals surface area contributed by atoms with Gasteiger partial charge in [-0.15, -0.1) is 0 Å². The molecule has 2 aromatic heterocycles. The number of fused-ring (bicyclic) bond motifs is 2. The van der Waals surface area contributed by atoms with Crippen molar-refractivity contribution in [3.8, 4) is 11.4 Å². The number of hydrogen-bond acceptors (Lipinski definition) is 2. The van der Waals surface area contributed by atoms with Crippen LogP contribution in [0.4, 0.5) is 0 Å². The Morgan fingerprint density at radius 2 is 1.55 bits per heavy atom. The van der Waals surface area contributed by atoms with E-state index in [9.17, 15) is 0 Å². The minimum atomic E-state index is 0.838. The minimum absolute atomic E-state index is 0.838. The van der Waals surface area contributed by atoms with E-state index in [4.69, 9.17) is 9.97 Å². The minimum Gasteiger partial charge on any atom is -0.246 e. The SMILES string of the molecule is Cc1cc(-c2cc(C)c3ccccc3n2)nc2c#cccc12. The topological polar surface area (TPSA) is 25.8 Å². The molecule has 0 fully saturated rings. The molecule has 2 heteroatoms. The molecule has 2 aromatic carbocycles. The normalized spacial score (nSPS) is 10.8. The summed E-state index contributed by atoms with van der Waals surface area (Å²) in [6.07, 6.45) is 0. The van der Waals surface area contributed by atoms with Crippen molar-refractivity contribution in [1.29, 1.82) is 0 Å². The van der Waals surface area contributed by atoms with E-state index in [1.807, 2.05) is 30.3 Å². The molecule has 0 radical (unpaired) electrons. The van der Waals surface area contributed by atoms with Crippen LogP contribution in [-0.2, 0) is 0 Å². The first-order chi connectivity index (χ1) is 10.7. The zero-order valence-corrected chi connectivity index (χ0v) is 12.5. The second kappa shape index (κ2) is 4.82. The van der Waals surface area contributed by atoms with Gasteiger partial charge in [-0.05, 0) is 61.4 Å². The monoisotopic (exact) mass is 282 g/mol. The molecule has 4 rings (SSSR count). The van der Waals surface area contributed by atoms with Crippen molar-refractivity contribution < 1.29 is 0 Å². The lowest BCUT2D eigenvalue weighted by molar-refractivity contribution is 1.29. The summed E-state index contributed by atoms with van der Waals surface area (Å²) in [6.45, 7) is 4.20. The number of rotatable bonds is 1. The molecule has 0 amide bonds. The van der Waals surface area contributed by atoms with Crippen LogP contribution in [0.1, 0.15) is 11.1 Å². The van der Waals surface area contributed by atoms with Gasteiger partial charge < -0.3 is 0 Å². The Hall–Kier alpha value is -2.92. The van der Waals surface area contributed by atoms with E-state index in [2.05, 4.69) is 44.2 Å². The van der Waals surface area contributed by atoms with E-state index in [0.29, 0.717) is 0 Å². The first-order valence-corrected chi connectivity index (χ1v) is 7.29. The molecule has 0 unspecified atom stereocenters. The lowest BCUT2D eigenvalue weighted by Gasteiger charge is -2.08.